The maximum atomic E-state index is 6.83. The van der Waals surface area contributed by atoms with Crippen molar-refractivity contribution < 1.29 is 14.0 Å². The highest BCUT2D eigenvalue weighted by atomic mass is 16.5. The highest BCUT2D eigenvalue weighted by Gasteiger charge is 2.68. The standard InChI is InChI=1S/C34H20N4O/c1-19-18-36-34-29-26(39-27-15-13-23-20-8-2-3-10-22(20)31(19)38(36)33(23)30(27)34)16-14-24-21-9-4-5-11-25(21)37(32(24)29)28-12-6-7-17-35(28)34/h2-18H,1H3/q+2. The molecule has 39 heavy (non-hydrogen) atoms. The summed E-state index contributed by atoms with van der Waals surface area (Å²) >= 11 is 0. The Labute approximate surface area is 221 Å². The van der Waals surface area contributed by atoms with Crippen molar-refractivity contribution in [3.05, 3.63) is 120 Å². The number of nitrogens with zero attached hydrogens (tertiary/aromatic N) is 4. The molecule has 0 saturated carbocycles. The molecule has 4 aromatic heterocycles. The first-order chi connectivity index (χ1) is 19.3. The molecule has 3 aliphatic rings. The second-order valence-electron chi connectivity index (χ2n) is 11.1. The van der Waals surface area contributed by atoms with Crippen LogP contribution in [0.4, 0.5) is 0 Å². The highest BCUT2D eigenvalue weighted by Crippen LogP contribution is 2.56. The fourth-order valence-electron chi connectivity index (χ4n) is 8.13. The Balaban J connectivity index is 1.51. The van der Waals surface area contributed by atoms with E-state index >= 15 is 0 Å². The normalized spacial score (nSPS) is 17.7. The van der Waals surface area contributed by atoms with Crippen LogP contribution in [0.25, 0.3) is 54.8 Å². The predicted octanol–water partition coefficient (Wildman–Crippen LogP) is 6.26. The third kappa shape index (κ3) is 1.74. The number of aryl methyl sites for hydroxylation is 1. The molecule has 0 saturated heterocycles. The smallest absolute Gasteiger partial charge is 0.397 e. The lowest BCUT2D eigenvalue weighted by molar-refractivity contribution is -0.991. The van der Waals surface area contributed by atoms with Crippen LogP contribution in [0.2, 0.25) is 0 Å². The molecule has 0 fully saturated rings. The van der Waals surface area contributed by atoms with E-state index in [1.165, 1.54) is 65.7 Å². The molecule has 1 unspecified atom stereocenters. The average Bonchev–Trinajstić information content (AvgIpc) is 3.61. The van der Waals surface area contributed by atoms with Crippen LogP contribution in [0.3, 0.4) is 0 Å². The van der Waals surface area contributed by atoms with Gasteiger partial charge in [0.05, 0.1) is 6.20 Å². The molecule has 11 rings (SSSR count). The molecular weight excluding hydrogens is 480 g/mol. The van der Waals surface area contributed by atoms with Crippen molar-refractivity contribution in [2.75, 3.05) is 0 Å². The number of para-hydroxylation sites is 1. The van der Waals surface area contributed by atoms with Gasteiger partial charge in [0.25, 0.3) is 5.82 Å². The largest absolute Gasteiger partial charge is 0.456 e. The van der Waals surface area contributed by atoms with Crippen molar-refractivity contribution in [1.29, 1.82) is 0 Å². The fourth-order valence-corrected chi connectivity index (χ4v) is 8.13. The van der Waals surface area contributed by atoms with Gasteiger partial charge in [-0.05, 0) is 54.8 Å². The van der Waals surface area contributed by atoms with E-state index in [1.54, 1.807) is 0 Å². The topological polar surface area (TPSA) is 26.3 Å². The molecule has 0 radical (unpaired) electrons. The van der Waals surface area contributed by atoms with Gasteiger partial charge in [0.2, 0.25) is 6.20 Å². The van der Waals surface area contributed by atoms with Gasteiger partial charge in [0, 0.05) is 33.2 Å². The third-order valence-electron chi connectivity index (χ3n) is 9.40. The summed E-state index contributed by atoms with van der Waals surface area (Å²) in [6, 6.07) is 33.0. The van der Waals surface area contributed by atoms with Crippen LogP contribution in [-0.2, 0) is 5.66 Å². The predicted molar refractivity (Wildman–Crippen MR) is 150 cm³/mol. The van der Waals surface area contributed by atoms with Gasteiger partial charge < -0.3 is 4.74 Å². The Morgan fingerprint density at radius 2 is 1.31 bits per heavy atom. The number of ether oxygens (including phenoxy) is 1. The molecule has 5 nitrogen and oxygen atoms in total. The van der Waals surface area contributed by atoms with Gasteiger partial charge in [0.15, 0.2) is 16.6 Å². The van der Waals surface area contributed by atoms with E-state index in [0.717, 1.165) is 17.3 Å². The van der Waals surface area contributed by atoms with Gasteiger partial charge in [-0.3, -0.25) is 0 Å². The van der Waals surface area contributed by atoms with Crippen molar-refractivity contribution in [2.45, 2.75) is 12.6 Å². The molecule has 7 heterocycles. The summed E-state index contributed by atoms with van der Waals surface area (Å²) in [5.41, 5.74) is 7.97. The maximum absolute atomic E-state index is 6.83. The van der Waals surface area contributed by atoms with Crippen molar-refractivity contribution in [1.82, 2.24) is 9.08 Å². The lowest BCUT2D eigenvalue weighted by atomic mass is 9.83. The summed E-state index contributed by atoms with van der Waals surface area (Å²) in [6.07, 6.45) is 4.60. The van der Waals surface area contributed by atoms with Gasteiger partial charge >= 0.3 is 5.66 Å². The van der Waals surface area contributed by atoms with Gasteiger partial charge in [-0.25, -0.2) is 0 Å². The number of hydrogen-bond donors (Lipinski definition) is 0. The summed E-state index contributed by atoms with van der Waals surface area (Å²) in [7, 11) is 0. The van der Waals surface area contributed by atoms with Crippen molar-refractivity contribution >= 4 is 49.0 Å². The zero-order chi connectivity index (χ0) is 25.2. The Hall–Kier alpha value is -5.16. The zero-order valence-corrected chi connectivity index (χ0v) is 21.0. The molecule has 5 heteroatoms. The lowest BCUT2D eigenvalue weighted by Crippen LogP contribution is -2.76. The van der Waals surface area contributed by atoms with E-state index in [2.05, 4.69) is 129 Å². The number of hydrogen-bond acceptors (Lipinski definition) is 1. The second-order valence-corrected chi connectivity index (χ2v) is 11.1. The first-order valence-corrected chi connectivity index (χ1v) is 13.5. The monoisotopic (exact) mass is 500 g/mol. The summed E-state index contributed by atoms with van der Waals surface area (Å²) in [4.78, 5) is 0. The van der Waals surface area contributed by atoms with Gasteiger partial charge in [-0.15, -0.1) is 4.52 Å². The number of benzene rings is 4. The molecule has 1 atom stereocenters. The fraction of sp³-hybridized carbons (Fsp3) is 0.0588. The summed E-state index contributed by atoms with van der Waals surface area (Å²) in [5.74, 6) is 2.99. The Bertz CT molecular complexity index is 2500. The van der Waals surface area contributed by atoms with Crippen LogP contribution >= 0.6 is 0 Å². The minimum absolute atomic E-state index is 0.625. The number of rotatable bonds is 0. The Morgan fingerprint density at radius 1 is 0.641 bits per heavy atom. The minimum Gasteiger partial charge on any atom is -0.456 e. The van der Waals surface area contributed by atoms with Crippen LogP contribution in [0.15, 0.2) is 103 Å². The number of pyridine rings is 2. The summed E-state index contributed by atoms with van der Waals surface area (Å²) in [5, 5.41) is 6.32. The van der Waals surface area contributed by atoms with Gasteiger partial charge in [-0.2, -0.15) is 9.13 Å². The third-order valence-corrected chi connectivity index (χ3v) is 9.40. The first-order valence-electron chi connectivity index (χ1n) is 13.5. The Morgan fingerprint density at radius 3 is 2.15 bits per heavy atom. The lowest BCUT2D eigenvalue weighted by Gasteiger charge is -2.32. The number of fused-ring (bicyclic) bond motifs is 8. The van der Waals surface area contributed by atoms with E-state index in [0.29, 0.717) is 0 Å². The molecular formula is C34H20N4O+2. The van der Waals surface area contributed by atoms with Crippen LogP contribution < -0.4 is 14.0 Å². The zero-order valence-electron chi connectivity index (χ0n) is 21.0. The van der Waals surface area contributed by atoms with Crippen molar-refractivity contribution in [2.24, 2.45) is 0 Å². The van der Waals surface area contributed by atoms with E-state index in [4.69, 9.17) is 4.74 Å². The van der Waals surface area contributed by atoms with E-state index in [1.807, 2.05) is 0 Å². The summed E-state index contributed by atoms with van der Waals surface area (Å²) in [6.45, 7) is 2.24. The molecule has 0 aliphatic carbocycles. The van der Waals surface area contributed by atoms with E-state index in [-0.39, 0.29) is 0 Å². The minimum atomic E-state index is -0.625. The molecule has 0 amide bonds. The molecule has 8 aromatic rings. The molecule has 180 valence electrons. The van der Waals surface area contributed by atoms with Gasteiger partial charge in [-0.1, -0.05) is 47.1 Å². The van der Waals surface area contributed by atoms with Crippen LogP contribution in [-0.4, -0.2) is 9.08 Å². The Kier molecular flexibility index (Phi) is 2.82. The molecule has 1 spiro atoms. The quantitative estimate of drug-likeness (QED) is 0.178. The van der Waals surface area contributed by atoms with E-state index < -0.39 is 5.66 Å². The van der Waals surface area contributed by atoms with E-state index in [9.17, 15) is 0 Å². The second kappa shape index (κ2) is 5.79. The SMILES string of the molecule is Cc1c[n+]2n3c1c1ccccc1c1ccc4c(c13)C21c2c(ccc3c5ccccc5n(c23)-c2cccc[n+]21)O4. The summed E-state index contributed by atoms with van der Waals surface area (Å²) < 4.78 is 16.7. The molecule has 4 aromatic carbocycles. The molecule has 0 bridgehead atoms. The van der Waals surface area contributed by atoms with Gasteiger partial charge in [0.1, 0.15) is 28.0 Å². The van der Waals surface area contributed by atoms with Crippen LogP contribution in [0.1, 0.15) is 16.7 Å². The average molecular weight is 501 g/mol. The number of aromatic nitrogens is 4. The first kappa shape index (κ1) is 19.0. The molecule has 3 aliphatic heterocycles. The van der Waals surface area contributed by atoms with Crippen LogP contribution in [0, 0.1) is 6.92 Å². The van der Waals surface area contributed by atoms with Crippen LogP contribution in [0.5, 0.6) is 11.5 Å². The van der Waals surface area contributed by atoms with Crippen molar-refractivity contribution in [3.63, 3.8) is 0 Å². The molecule has 0 N–H and O–H groups in total. The maximum Gasteiger partial charge on any atom is 0.397 e. The van der Waals surface area contributed by atoms with Crippen molar-refractivity contribution in [3.8, 4) is 17.3 Å². The highest BCUT2D eigenvalue weighted by molar-refractivity contribution is 6.15.